The topological polar surface area (TPSA) is 108 Å². The van der Waals surface area contributed by atoms with E-state index in [1.165, 1.54) is 7.11 Å². The van der Waals surface area contributed by atoms with E-state index in [0.29, 0.717) is 22.5 Å². The van der Waals surface area contributed by atoms with Crippen molar-refractivity contribution >= 4 is 21.8 Å². The Labute approximate surface area is 187 Å². The predicted molar refractivity (Wildman–Crippen MR) is 122 cm³/mol. The van der Waals surface area contributed by atoms with Gasteiger partial charge < -0.3 is 9.30 Å². The van der Waals surface area contributed by atoms with Crippen molar-refractivity contribution in [3.05, 3.63) is 94.8 Å². The van der Waals surface area contributed by atoms with Gasteiger partial charge in [-0.05, 0) is 24.1 Å². The van der Waals surface area contributed by atoms with Gasteiger partial charge in [0.25, 0.3) is 0 Å². The fraction of sp³-hybridized carbons (Fsp3) is 0.250. The molecule has 1 unspecified atom stereocenters. The largest absolute Gasteiger partial charge is 0.468 e. The Morgan fingerprint density at radius 2 is 1.59 bits per heavy atom. The molecule has 8 heteroatoms. The number of methoxy groups -OCH3 is 1. The van der Waals surface area contributed by atoms with E-state index >= 15 is 0 Å². The fourth-order valence-corrected chi connectivity index (χ4v) is 5.21. The Kier molecular flexibility index (Phi) is 6.66. The summed E-state index contributed by atoms with van der Waals surface area (Å²) in [7, 11) is -1.12. The molecule has 0 fully saturated rings. The van der Waals surface area contributed by atoms with Gasteiger partial charge in [-0.1, -0.05) is 60.7 Å². The maximum absolute atomic E-state index is 13.1. The normalized spacial score (nSPS) is 13.4. The molecule has 2 aromatic carbocycles. The van der Waals surface area contributed by atoms with Crippen molar-refractivity contribution in [1.29, 1.82) is 0 Å². The molecular formula is C24H26N2O5S. The molecule has 3 aromatic rings. The van der Waals surface area contributed by atoms with Crippen LogP contribution in [0.1, 0.15) is 32.9 Å². The lowest BCUT2D eigenvalue weighted by Gasteiger charge is -2.31. The zero-order valence-corrected chi connectivity index (χ0v) is 19.1. The van der Waals surface area contributed by atoms with Gasteiger partial charge in [0, 0.05) is 24.7 Å². The zero-order chi connectivity index (χ0) is 23.5. The summed E-state index contributed by atoms with van der Waals surface area (Å²) in [5, 5.41) is 5.41. The SMILES string of the molecule is COC(=O)C(Cc1cc(C)c(C(=O)c2ccccc2)n1C)(CS(N)(=O)=O)c1ccccc1. The molecule has 0 aliphatic heterocycles. The van der Waals surface area contributed by atoms with Crippen molar-refractivity contribution in [1.82, 2.24) is 4.57 Å². The molecule has 0 bridgehead atoms. The number of sulfonamides is 1. The smallest absolute Gasteiger partial charge is 0.317 e. The lowest BCUT2D eigenvalue weighted by molar-refractivity contribution is -0.146. The molecule has 0 saturated carbocycles. The van der Waals surface area contributed by atoms with Crippen molar-refractivity contribution in [3.63, 3.8) is 0 Å². The summed E-state index contributed by atoms with van der Waals surface area (Å²) in [6, 6.07) is 19.2. The van der Waals surface area contributed by atoms with Gasteiger partial charge in [0.15, 0.2) is 0 Å². The maximum Gasteiger partial charge on any atom is 0.317 e. The molecular weight excluding hydrogens is 428 g/mol. The van der Waals surface area contributed by atoms with Crippen molar-refractivity contribution in [2.45, 2.75) is 18.8 Å². The van der Waals surface area contributed by atoms with Crippen LogP contribution in [0.15, 0.2) is 66.7 Å². The number of nitrogens with zero attached hydrogens (tertiary/aromatic N) is 1. The van der Waals surface area contributed by atoms with Crippen LogP contribution in [0.2, 0.25) is 0 Å². The van der Waals surface area contributed by atoms with E-state index in [0.717, 1.165) is 5.56 Å². The molecule has 0 saturated heterocycles. The Balaban J connectivity index is 2.15. The number of hydrogen-bond acceptors (Lipinski definition) is 5. The summed E-state index contributed by atoms with van der Waals surface area (Å²) in [6.45, 7) is 1.81. The van der Waals surface area contributed by atoms with Crippen LogP contribution in [0.5, 0.6) is 0 Å². The lowest BCUT2D eigenvalue weighted by Crippen LogP contribution is -2.47. The minimum Gasteiger partial charge on any atom is -0.468 e. The lowest BCUT2D eigenvalue weighted by atomic mass is 9.78. The second kappa shape index (κ2) is 9.10. The molecule has 3 rings (SSSR count). The Morgan fingerprint density at radius 1 is 1.03 bits per heavy atom. The number of primary sulfonamides is 1. The van der Waals surface area contributed by atoms with Crippen molar-refractivity contribution in [2.24, 2.45) is 12.2 Å². The van der Waals surface area contributed by atoms with Gasteiger partial charge in [-0.25, -0.2) is 13.6 Å². The van der Waals surface area contributed by atoms with E-state index in [9.17, 15) is 18.0 Å². The van der Waals surface area contributed by atoms with Gasteiger partial charge in [0.05, 0.1) is 18.6 Å². The van der Waals surface area contributed by atoms with E-state index in [1.54, 1.807) is 72.3 Å². The third-order valence-electron chi connectivity index (χ3n) is 5.61. The van der Waals surface area contributed by atoms with Crippen LogP contribution in [0.4, 0.5) is 0 Å². The van der Waals surface area contributed by atoms with Gasteiger partial charge >= 0.3 is 5.97 Å². The van der Waals surface area contributed by atoms with E-state index in [1.807, 2.05) is 13.0 Å². The van der Waals surface area contributed by atoms with Crippen LogP contribution in [-0.2, 0) is 38.4 Å². The number of hydrogen-bond donors (Lipinski definition) is 1. The predicted octanol–water partition coefficient (Wildman–Crippen LogP) is 2.51. The van der Waals surface area contributed by atoms with Crippen LogP contribution < -0.4 is 5.14 Å². The molecule has 2 N–H and O–H groups in total. The highest BCUT2D eigenvalue weighted by atomic mass is 32.2. The molecule has 32 heavy (non-hydrogen) atoms. The van der Waals surface area contributed by atoms with Crippen LogP contribution in [0.3, 0.4) is 0 Å². The Bertz CT molecular complexity index is 1230. The van der Waals surface area contributed by atoms with E-state index in [2.05, 4.69) is 0 Å². The molecule has 1 aromatic heterocycles. The number of carbonyl (C=O) groups excluding carboxylic acids is 2. The molecule has 0 aliphatic rings. The van der Waals surface area contributed by atoms with Crippen LogP contribution in [-0.4, -0.2) is 37.6 Å². The molecule has 168 valence electrons. The monoisotopic (exact) mass is 454 g/mol. The number of esters is 1. The highest BCUT2D eigenvalue weighted by molar-refractivity contribution is 7.89. The number of ketones is 1. The first-order valence-electron chi connectivity index (χ1n) is 9.98. The molecule has 7 nitrogen and oxygen atoms in total. The number of aromatic nitrogens is 1. The average Bonchev–Trinajstić information content (AvgIpc) is 3.05. The molecule has 0 spiro atoms. The molecule has 1 atom stereocenters. The van der Waals surface area contributed by atoms with E-state index < -0.39 is 27.2 Å². The summed E-state index contributed by atoms with van der Waals surface area (Å²) >= 11 is 0. The molecule has 1 heterocycles. The maximum atomic E-state index is 13.1. The van der Waals surface area contributed by atoms with Crippen molar-refractivity contribution in [3.8, 4) is 0 Å². The van der Waals surface area contributed by atoms with Crippen molar-refractivity contribution < 1.29 is 22.7 Å². The summed E-state index contributed by atoms with van der Waals surface area (Å²) in [5.41, 5.74) is 1.23. The van der Waals surface area contributed by atoms with Gasteiger partial charge in [0.1, 0.15) is 5.41 Å². The van der Waals surface area contributed by atoms with Gasteiger partial charge in [-0.15, -0.1) is 0 Å². The van der Waals surface area contributed by atoms with Crippen LogP contribution in [0.25, 0.3) is 0 Å². The summed E-state index contributed by atoms with van der Waals surface area (Å²) in [5.74, 6) is -1.51. The Hall–Kier alpha value is -3.23. The van der Waals surface area contributed by atoms with Gasteiger partial charge in [-0.2, -0.15) is 0 Å². The minimum absolute atomic E-state index is 0.0144. The highest BCUT2D eigenvalue weighted by Gasteiger charge is 2.45. The first kappa shape index (κ1) is 23.4. The third-order valence-corrected chi connectivity index (χ3v) is 6.50. The number of carbonyl (C=O) groups is 2. The van der Waals surface area contributed by atoms with Crippen LogP contribution in [0, 0.1) is 6.92 Å². The average molecular weight is 455 g/mol. The number of ether oxygens (including phenoxy) is 1. The number of aryl methyl sites for hydroxylation is 1. The first-order valence-corrected chi connectivity index (χ1v) is 11.7. The van der Waals surface area contributed by atoms with Crippen molar-refractivity contribution in [2.75, 3.05) is 12.9 Å². The number of benzene rings is 2. The van der Waals surface area contributed by atoms with Gasteiger partial charge in [-0.3, -0.25) is 9.59 Å². The van der Waals surface area contributed by atoms with E-state index in [4.69, 9.17) is 9.88 Å². The number of rotatable bonds is 8. The second-order valence-corrected chi connectivity index (χ2v) is 9.46. The van der Waals surface area contributed by atoms with Crippen LogP contribution >= 0.6 is 0 Å². The highest BCUT2D eigenvalue weighted by Crippen LogP contribution is 2.33. The van der Waals surface area contributed by atoms with Gasteiger partial charge in [0.2, 0.25) is 15.8 Å². The standard InChI is InChI=1S/C24H26N2O5S/c1-17-14-20(26(2)21(17)22(27)18-10-6-4-7-11-18)15-24(23(28)31-3,16-32(25,29)30)19-12-8-5-9-13-19/h4-14H,15-16H2,1-3H3,(H2,25,29,30). The first-order chi connectivity index (χ1) is 15.1. The summed E-state index contributed by atoms with van der Waals surface area (Å²) in [6.07, 6.45) is -0.0144. The molecule has 0 amide bonds. The minimum atomic E-state index is -4.06. The fourth-order valence-electron chi connectivity index (χ4n) is 4.14. The summed E-state index contributed by atoms with van der Waals surface area (Å²) < 4.78 is 31.1. The second-order valence-electron chi connectivity index (χ2n) is 7.85. The third kappa shape index (κ3) is 4.66. The molecule has 0 radical (unpaired) electrons. The quantitative estimate of drug-likeness (QED) is 0.416. The molecule has 0 aliphatic carbocycles. The Morgan fingerprint density at radius 3 is 2.12 bits per heavy atom. The van der Waals surface area contributed by atoms with E-state index in [-0.39, 0.29) is 12.2 Å². The zero-order valence-electron chi connectivity index (χ0n) is 18.2. The number of nitrogens with two attached hydrogens (primary N) is 1. The summed E-state index contributed by atoms with van der Waals surface area (Å²) in [4.78, 5) is 26.2.